The van der Waals surface area contributed by atoms with Crippen molar-refractivity contribution < 1.29 is 0 Å². The topological polar surface area (TPSA) is 6.48 Å². The molecule has 2 nitrogen and oxygen atoms in total. The maximum atomic E-state index is 2.42. The molecule has 0 aromatic heterocycles. The highest BCUT2D eigenvalue weighted by Gasteiger charge is 2.41. The lowest BCUT2D eigenvalue weighted by molar-refractivity contribution is 0.871. The third-order valence-electron chi connectivity index (χ3n) is 7.92. The van der Waals surface area contributed by atoms with Gasteiger partial charge in [0.1, 0.15) is 0 Å². The normalized spacial score (nSPS) is 17.1. The van der Waals surface area contributed by atoms with Gasteiger partial charge in [0.05, 0.1) is 0 Å². The molecule has 0 spiro atoms. The highest BCUT2D eigenvalue weighted by atomic mass is 15.2. The maximum absolute atomic E-state index is 2.42. The number of hydrogen-bond acceptors (Lipinski definition) is 2. The number of fused-ring (bicyclic) bond motifs is 1. The fraction of sp³-hybridized carbons (Fsp3) is 0.0769. The van der Waals surface area contributed by atoms with E-state index < -0.39 is 0 Å². The van der Waals surface area contributed by atoms with Crippen molar-refractivity contribution >= 4 is 40.6 Å². The average molecular weight is 529 g/mol. The number of nitrogens with zero attached hydrogens (tertiary/aromatic N) is 2. The summed E-state index contributed by atoms with van der Waals surface area (Å²) in [5.41, 5.74) is 9.58. The Hall–Kier alpha value is -5.08. The predicted molar refractivity (Wildman–Crippen MR) is 174 cm³/mol. The van der Waals surface area contributed by atoms with Crippen molar-refractivity contribution in [1.82, 2.24) is 0 Å². The number of rotatable bonds is 8. The lowest BCUT2D eigenvalue weighted by Gasteiger charge is -2.29. The molecule has 2 unspecified atom stereocenters. The molecule has 2 heteroatoms. The Labute approximate surface area is 242 Å². The zero-order valence-corrected chi connectivity index (χ0v) is 22.9. The van der Waals surface area contributed by atoms with Crippen LogP contribution in [0.3, 0.4) is 0 Å². The van der Waals surface area contributed by atoms with Gasteiger partial charge in [0.15, 0.2) is 0 Å². The van der Waals surface area contributed by atoms with Gasteiger partial charge in [-0.05, 0) is 90.2 Å². The van der Waals surface area contributed by atoms with Gasteiger partial charge >= 0.3 is 0 Å². The molecule has 0 saturated heterocycles. The molecule has 198 valence electrons. The molecule has 0 radical (unpaired) electrons. The van der Waals surface area contributed by atoms with Crippen LogP contribution in [0.1, 0.15) is 17.5 Å². The number of benzene rings is 5. The second kappa shape index (κ2) is 11.2. The minimum atomic E-state index is 0.627. The predicted octanol–water partition coefficient (Wildman–Crippen LogP) is 10.6. The molecule has 7 rings (SSSR count). The molecule has 2 aliphatic rings. The van der Waals surface area contributed by atoms with Crippen molar-refractivity contribution in [3.63, 3.8) is 0 Å². The van der Waals surface area contributed by atoms with E-state index >= 15 is 0 Å². The lowest BCUT2D eigenvalue weighted by atomic mass is 10.1. The van der Waals surface area contributed by atoms with E-state index in [1.54, 1.807) is 0 Å². The van der Waals surface area contributed by atoms with Crippen LogP contribution in [0.25, 0.3) is 12.2 Å². The van der Waals surface area contributed by atoms with Crippen LogP contribution in [0, 0.1) is 11.8 Å². The van der Waals surface area contributed by atoms with Gasteiger partial charge in [0, 0.05) is 40.1 Å². The summed E-state index contributed by atoms with van der Waals surface area (Å²) in [6, 6.07) is 49.4. The minimum Gasteiger partial charge on any atom is -0.314 e. The summed E-state index contributed by atoms with van der Waals surface area (Å²) in [6.07, 6.45) is 12.5. The van der Waals surface area contributed by atoms with Crippen molar-refractivity contribution in [3.8, 4) is 0 Å². The summed E-state index contributed by atoms with van der Waals surface area (Å²) >= 11 is 0. The van der Waals surface area contributed by atoms with E-state index in [0.29, 0.717) is 11.8 Å². The monoisotopic (exact) mass is 528 g/mol. The Kier molecular flexibility index (Phi) is 6.80. The standard InChI is InChI=1S/C39H32N2/c1-4-12-33(13-5-1)40(34-14-6-2-7-15-34)36-25-21-30(22-26-36)19-20-31-23-27-37(28-24-31)41(35-16-8-3-9-17-35)39-18-10-11-32-29-38(32)39/h1-28,32,38H,29H2/b20-19+. The van der Waals surface area contributed by atoms with Gasteiger partial charge in [0.2, 0.25) is 0 Å². The highest BCUT2D eigenvalue weighted by Crippen LogP contribution is 2.51. The van der Waals surface area contributed by atoms with Crippen LogP contribution >= 0.6 is 0 Å². The first-order valence-electron chi connectivity index (χ1n) is 14.4. The largest absolute Gasteiger partial charge is 0.314 e. The molecule has 0 N–H and O–H groups in total. The Morgan fingerprint density at radius 1 is 0.463 bits per heavy atom. The van der Waals surface area contributed by atoms with E-state index in [9.17, 15) is 0 Å². The second-order valence-corrected chi connectivity index (χ2v) is 10.7. The number of hydrogen-bond donors (Lipinski definition) is 0. The molecule has 0 heterocycles. The smallest absolute Gasteiger partial charge is 0.0462 e. The van der Waals surface area contributed by atoms with E-state index in [4.69, 9.17) is 0 Å². The van der Waals surface area contributed by atoms with E-state index in [1.165, 1.54) is 34.6 Å². The van der Waals surface area contributed by atoms with Crippen LogP contribution in [-0.2, 0) is 0 Å². The lowest BCUT2D eigenvalue weighted by Crippen LogP contribution is -2.19. The molecule has 1 saturated carbocycles. The first kappa shape index (κ1) is 24.9. The van der Waals surface area contributed by atoms with Crippen molar-refractivity contribution in [2.75, 3.05) is 9.80 Å². The Balaban J connectivity index is 1.11. The van der Waals surface area contributed by atoms with Gasteiger partial charge < -0.3 is 9.80 Å². The zero-order chi connectivity index (χ0) is 27.4. The van der Waals surface area contributed by atoms with Gasteiger partial charge in [-0.15, -0.1) is 0 Å². The van der Waals surface area contributed by atoms with Gasteiger partial charge in [-0.1, -0.05) is 103 Å². The fourth-order valence-corrected chi connectivity index (χ4v) is 5.72. The molecule has 0 aliphatic heterocycles. The van der Waals surface area contributed by atoms with Crippen LogP contribution < -0.4 is 9.80 Å². The Bertz CT molecular complexity index is 1640. The van der Waals surface area contributed by atoms with Crippen LogP contribution in [-0.4, -0.2) is 0 Å². The molecular formula is C39H32N2. The van der Waals surface area contributed by atoms with E-state index in [2.05, 4.69) is 180 Å². The van der Waals surface area contributed by atoms with E-state index in [-0.39, 0.29) is 0 Å². The third kappa shape index (κ3) is 5.37. The molecule has 2 atom stereocenters. The summed E-state index contributed by atoms with van der Waals surface area (Å²) in [5, 5.41) is 0. The van der Waals surface area contributed by atoms with Crippen LogP contribution in [0.4, 0.5) is 28.4 Å². The summed E-state index contributed by atoms with van der Waals surface area (Å²) < 4.78 is 0. The summed E-state index contributed by atoms with van der Waals surface area (Å²) in [7, 11) is 0. The molecule has 5 aromatic rings. The number of allylic oxidation sites excluding steroid dienone is 4. The minimum absolute atomic E-state index is 0.627. The van der Waals surface area contributed by atoms with Crippen LogP contribution in [0.2, 0.25) is 0 Å². The summed E-state index contributed by atoms with van der Waals surface area (Å²) in [4.78, 5) is 4.71. The average Bonchev–Trinajstić information content (AvgIpc) is 3.84. The molecule has 1 fully saturated rings. The fourth-order valence-electron chi connectivity index (χ4n) is 5.72. The van der Waals surface area contributed by atoms with Crippen molar-refractivity contribution in [3.05, 3.63) is 175 Å². The van der Waals surface area contributed by atoms with Crippen LogP contribution in [0.5, 0.6) is 0 Å². The Morgan fingerprint density at radius 2 is 0.878 bits per heavy atom. The van der Waals surface area contributed by atoms with Gasteiger partial charge in [-0.3, -0.25) is 0 Å². The first-order valence-corrected chi connectivity index (χ1v) is 14.4. The molecule has 2 aliphatic carbocycles. The van der Waals surface area contributed by atoms with Gasteiger partial charge in [0.25, 0.3) is 0 Å². The SMILES string of the molecule is C1=CC2CC2C(N(c2ccccc2)c2ccc(/C=C/c3ccc(N(c4ccccc4)c4ccccc4)cc3)cc2)=C1. The van der Waals surface area contributed by atoms with E-state index in [0.717, 1.165) is 17.1 Å². The molecular weight excluding hydrogens is 496 g/mol. The molecule has 0 amide bonds. The molecule has 41 heavy (non-hydrogen) atoms. The summed E-state index contributed by atoms with van der Waals surface area (Å²) in [6.45, 7) is 0. The van der Waals surface area contributed by atoms with Crippen molar-refractivity contribution in [1.29, 1.82) is 0 Å². The number of para-hydroxylation sites is 3. The van der Waals surface area contributed by atoms with E-state index in [1.807, 2.05) is 0 Å². The third-order valence-corrected chi connectivity index (χ3v) is 7.92. The second-order valence-electron chi connectivity index (χ2n) is 10.7. The Morgan fingerprint density at radius 3 is 1.37 bits per heavy atom. The van der Waals surface area contributed by atoms with Crippen LogP contribution in [0.15, 0.2) is 163 Å². The van der Waals surface area contributed by atoms with Gasteiger partial charge in [-0.25, -0.2) is 0 Å². The highest BCUT2D eigenvalue weighted by molar-refractivity contribution is 5.78. The molecule has 5 aromatic carbocycles. The van der Waals surface area contributed by atoms with Gasteiger partial charge in [-0.2, -0.15) is 0 Å². The number of anilines is 5. The first-order chi connectivity index (χ1) is 20.3. The van der Waals surface area contributed by atoms with Crippen molar-refractivity contribution in [2.24, 2.45) is 11.8 Å². The summed E-state index contributed by atoms with van der Waals surface area (Å²) in [5.74, 6) is 1.32. The quantitative estimate of drug-likeness (QED) is 0.185. The maximum Gasteiger partial charge on any atom is 0.0462 e. The zero-order valence-electron chi connectivity index (χ0n) is 22.9. The van der Waals surface area contributed by atoms with Crippen molar-refractivity contribution in [2.45, 2.75) is 6.42 Å². The molecule has 0 bridgehead atoms.